The number of carbonyl (C=O) groups is 4. The highest BCUT2D eigenvalue weighted by Gasteiger charge is 2.64. The van der Waals surface area contributed by atoms with Gasteiger partial charge in [0.2, 0.25) is 5.78 Å². The summed E-state index contributed by atoms with van der Waals surface area (Å²) in [4.78, 5) is 53.4. The van der Waals surface area contributed by atoms with E-state index in [1.54, 1.807) is 0 Å². The summed E-state index contributed by atoms with van der Waals surface area (Å²) in [5.74, 6) is -7.98. The maximum Gasteiger partial charge on any atom is 0.255 e. The molecule has 0 saturated heterocycles. The molecule has 0 spiro atoms. The second-order valence-corrected chi connectivity index (χ2v) is 11.8. The van der Waals surface area contributed by atoms with Crippen molar-refractivity contribution in [3.8, 4) is 5.75 Å². The summed E-state index contributed by atoms with van der Waals surface area (Å²) in [5, 5.41) is 44.7. The number of amides is 1. The van der Waals surface area contributed by atoms with Gasteiger partial charge in [-0.15, -0.1) is 0 Å². The van der Waals surface area contributed by atoms with Crippen LogP contribution in [0, 0.1) is 23.6 Å². The van der Waals surface area contributed by atoms with Gasteiger partial charge in [0.15, 0.2) is 11.4 Å². The number of aliphatic hydroxyl groups excluding tert-OH is 2. The van der Waals surface area contributed by atoms with E-state index < -0.39 is 69.6 Å². The molecule has 4 aliphatic rings. The van der Waals surface area contributed by atoms with Gasteiger partial charge in [0.1, 0.15) is 34.9 Å². The Labute approximate surface area is 235 Å². The molecule has 1 aromatic rings. The molecule has 220 valence electrons. The minimum absolute atomic E-state index is 0.00706. The molecule has 0 bridgehead atoms. The lowest BCUT2D eigenvalue weighted by Crippen LogP contribution is -2.65. The number of benzene rings is 1. The van der Waals surface area contributed by atoms with Crippen LogP contribution < -0.4 is 5.73 Å². The molecule has 5 rings (SSSR count). The third-order valence-corrected chi connectivity index (χ3v) is 8.90. The number of fused-ring (bicyclic) bond motifs is 3. The topological polar surface area (TPSA) is 182 Å². The van der Waals surface area contributed by atoms with E-state index in [1.165, 1.54) is 25.1 Å². The SMILES string of the molecule is CN(C)[C@@H]1C(=O)C(C(N)=O)=C(O)[C@@]2(O)C(=O)C3=C(O)c4c(O)cc(CN(CCC=O)CC5CC5)c(F)c4C[C@H]3C[C@@H]12. The molecule has 6 N–H and O–H groups in total. The highest BCUT2D eigenvalue weighted by atomic mass is 19.1. The number of Topliss-reactive ketones (excluding diaryl/α,β-unsaturated/α-hetero) is 2. The number of aliphatic hydroxyl groups is 3. The van der Waals surface area contributed by atoms with Gasteiger partial charge in [-0.3, -0.25) is 24.2 Å². The number of primary amides is 1. The number of rotatable bonds is 9. The average molecular weight is 572 g/mol. The zero-order valence-corrected chi connectivity index (χ0v) is 22.9. The smallest absolute Gasteiger partial charge is 0.255 e. The molecular weight excluding hydrogens is 537 g/mol. The van der Waals surface area contributed by atoms with Crippen molar-refractivity contribution in [3.63, 3.8) is 0 Å². The van der Waals surface area contributed by atoms with Crippen molar-refractivity contribution in [3.05, 3.63) is 45.5 Å². The van der Waals surface area contributed by atoms with Crippen LogP contribution in [0.5, 0.6) is 5.75 Å². The number of nitrogens with zero attached hydrogens (tertiary/aromatic N) is 2. The maximum atomic E-state index is 16.0. The van der Waals surface area contributed by atoms with Crippen molar-refractivity contribution >= 4 is 29.5 Å². The fourth-order valence-corrected chi connectivity index (χ4v) is 6.84. The molecule has 1 aromatic carbocycles. The van der Waals surface area contributed by atoms with E-state index in [0.29, 0.717) is 19.0 Å². The summed E-state index contributed by atoms with van der Waals surface area (Å²) in [6, 6.07) is -0.0355. The number of likely N-dealkylation sites (N-methyl/N-ethyl adjacent to an activating group) is 1. The molecule has 0 heterocycles. The Morgan fingerprint density at radius 1 is 1.22 bits per heavy atom. The molecule has 0 radical (unpaired) electrons. The van der Waals surface area contributed by atoms with Crippen molar-refractivity contribution in [1.82, 2.24) is 9.80 Å². The number of aromatic hydroxyl groups is 1. The third-order valence-electron chi connectivity index (χ3n) is 8.90. The first-order valence-electron chi connectivity index (χ1n) is 13.7. The van der Waals surface area contributed by atoms with Gasteiger partial charge >= 0.3 is 0 Å². The van der Waals surface area contributed by atoms with Crippen LogP contribution in [0.1, 0.15) is 42.4 Å². The van der Waals surface area contributed by atoms with Gasteiger partial charge in [-0.25, -0.2) is 4.39 Å². The fraction of sp³-hybridized carbons (Fsp3) is 0.517. The molecule has 12 heteroatoms. The largest absolute Gasteiger partial charge is 0.508 e. The number of ketones is 2. The molecular formula is C29H34FN3O8. The predicted molar refractivity (Wildman–Crippen MR) is 143 cm³/mol. The lowest BCUT2D eigenvalue weighted by atomic mass is 9.57. The fourth-order valence-electron chi connectivity index (χ4n) is 6.84. The standard InChI is InChI=1S/C29H34FN3O8/c1-32(2)23-17-9-14-8-16-20(18(35)10-15(22(16)30)12-33(6-3-7-34)11-13-4-5-13)24(36)19(14)26(38)29(17,41)27(39)21(25(23)37)28(31)40/h7,10,13-14,17,23,35-36,39,41H,3-6,8-9,11-12H2,1-2H3,(H2,31,40)/t14-,17-,23-,29-/m0/s1. The van der Waals surface area contributed by atoms with Gasteiger partial charge in [0.25, 0.3) is 5.91 Å². The number of nitrogens with two attached hydrogens (primary N) is 1. The van der Waals surface area contributed by atoms with Gasteiger partial charge in [-0.05, 0) is 57.7 Å². The summed E-state index contributed by atoms with van der Waals surface area (Å²) in [6.07, 6.45) is 2.94. The number of halogens is 1. The Kier molecular flexibility index (Phi) is 7.29. The highest BCUT2D eigenvalue weighted by Crippen LogP contribution is 2.53. The normalized spacial score (nSPS) is 27.7. The van der Waals surface area contributed by atoms with E-state index in [4.69, 9.17) is 5.73 Å². The first kappa shape index (κ1) is 28.9. The van der Waals surface area contributed by atoms with Crippen LogP contribution in [0.2, 0.25) is 0 Å². The zero-order valence-electron chi connectivity index (χ0n) is 22.9. The van der Waals surface area contributed by atoms with Crippen LogP contribution in [-0.4, -0.2) is 92.8 Å². The Morgan fingerprint density at radius 2 is 1.90 bits per heavy atom. The lowest BCUT2D eigenvalue weighted by molar-refractivity contribution is -0.153. The number of hydrogen-bond acceptors (Lipinski definition) is 10. The van der Waals surface area contributed by atoms with Crippen molar-refractivity contribution in [2.75, 3.05) is 27.2 Å². The summed E-state index contributed by atoms with van der Waals surface area (Å²) in [6.45, 7) is 1.24. The second-order valence-electron chi connectivity index (χ2n) is 11.8. The predicted octanol–water partition coefficient (Wildman–Crippen LogP) is 0.904. The summed E-state index contributed by atoms with van der Waals surface area (Å²) >= 11 is 0. The van der Waals surface area contributed by atoms with Crippen LogP contribution in [0.3, 0.4) is 0 Å². The van der Waals surface area contributed by atoms with Gasteiger partial charge in [-0.1, -0.05) is 0 Å². The number of phenolic OH excluding ortho intramolecular Hbond substituents is 1. The molecule has 4 atom stereocenters. The van der Waals surface area contributed by atoms with Crippen LogP contribution in [-0.2, 0) is 32.1 Å². The number of phenols is 1. The molecule has 4 aliphatic carbocycles. The Hall–Kier alpha value is -3.61. The summed E-state index contributed by atoms with van der Waals surface area (Å²) in [7, 11) is 3.02. The number of aldehydes is 1. The maximum absolute atomic E-state index is 16.0. The van der Waals surface area contributed by atoms with Crippen molar-refractivity contribution in [1.29, 1.82) is 0 Å². The van der Waals surface area contributed by atoms with Crippen molar-refractivity contribution in [2.24, 2.45) is 23.5 Å². The van der Waals surface area contributed by atoms with Crippen LogP contribution in [0.15, 0.2) is 23.0 Å². The quantitative estimate of drug-likeness (QED) is 0.211. The Morgan fingerprint density at radius 3 is 2.49 bits per heavy atom. The third kappa shape index (κ3) is 4.54. The Balaban J connectivity index is 1.59. The minimum atomic E-state index is -2.75. The number of carbonyl (C=O) groups excluding carboxylic acids is 4. The summed E-state index contributed by atoms with van der Waals surface area (Å²) < 4.78 is 16.0. The molecule has 2 saturated carbocycles. The van der Waals surface area contributed by atoms with Crippen LogP contribution in [0.25, 0.3) is 5.76 Å². The molecule has 0 aromatic heterocycles. The van der Waals surface area contributed by atoms with E-state index in [9.17, 15) is 39.6 Å². The van der Waals surface area contributed by atoms with E-state index >= 15 is 4.39 Å². The molecule has 2 fully saturated rings. The first-order chi connectivity index (χ1) is 19.3. The molecule has 0 unspecified atom stereocenters. The first-order valence-corrected chi connectivity index (χ1v) is 13.7. The molecule has 41 heavy (non-hydrogen) atoms. The van der Waals surface area contributed by atoms with Gasteiger partial charge in [0.05, 0.1) is 11.6 Å². The van der Waals surface area contributed by atoms with Gasteiger partial charge in [0, 0.05) is 48.7 Å². The van der Waals surface area contributed by atoms with E-state index in [-0.39, 0.29) is 48.1 Å². The molecule has 11 nitrogen and oxygen atoms in total. The van der Waals surface area contributed by atoms with E-state index in [2.05, 4.69) is 0 Å². The van der Waals surface area contributed by atoms with Gasteiger partial charge in [-0.2, -0.15) is 0 Å². The van der Waals surface area contributed by atoms with E-state index in [0.717, 1.165) is 19.1 Å². The molecule has 1 amide bonds. The van der Waals surface area contributed by atoms with Crippen molar-refractivity contribution < 1.29 is 44.0 Å². The zero-order chi connectivity index (χ0) is 30.0. The monoisotopic (exact) mass is 571 g/mol. The lowest BCUT2D eigenvalue weighted by Gasteiger charge is -2.50. The second kappa shape index (κ2) is 10.3. The Bertz CT molecular complexity index is 1410. The average Bonchev–Trinajstić information content (AvgIpc) is 3.71. The van der Waals surface area contributed by atoms with E-state index in [1.807, 2.05) is 4.90 Å². The van der Waals surface area contributed by atoms with Crippen LogP contribution >= 0.6 is 0 Å². The van der Waals surface area contributed by atoms with Crippen molar-refractivity contribution in [2.45, 2.75) is 50.3 Å². The minimum Gasteiger partial charge on any atom is -0.508 e. The number of hydrogen-bond donors (Lipinski definition) is 5. The van der Waals surface area contributed by atoms with Gasteiger partial charge < -0.3 is 31.0 Å². The van der Waals surface area contributed by atoms with Crippen LogP contribution in [0.4, 0.5) is 4.39 Å². The highest BCUT2D eigenvalue weighted by molar-refractivity contribution is 6.24. The molecule has 0 aliphatic heterocycles. The summed E-state index contributed by atoms with van der Waals surface area (Å²) in [5.41, 5.74) is 1.23.